The molecule has 0 saturated carbocycles. The molecule has 1 aromatic rings. The van der Waals surface area contributed by atoms with Gasteiger partial charge < -0.3 is 4.74 Å². The van der Waals surface area contributed by atoms with Crippen molar-refractivity contribution in [1.29, 1.82) is 0 Å². The summed E-state index contributed by atoms with van der Waals surface area (Å²) < 4.78 is 6.33. The standard InChI is InChI=1S/C13H21BrN2O/c1-4-9(5-2)13(16-15)11-8-10(17-3)6-7-12(11)14/h6-9,13,16H,4-5,15H2,1-3H3. The van der Waals surface area contributed by atoms with Crippen LogP contribution >= 0.6 is 15.9 Å². The van der Waals surface area contributed by atoms with Gasteiger partial charge in [0.15, 0.2) is 0 Å². The first-order valence-corrected chi connectivity index (χ1v) is 6.76. The average Bonchev–Trinajstić information content (AvgIpc) is 2.37. The lowest BCUT2D eigenvalue weighted by molar-refractivity contribution is 0.342. The second-order valence-corrected chi connectivity index (χ2v) is 4.96. The highest BCUT2D eigenvalue weighted by molar-refractivity contribution is 9.10. The highest BCUT2D eigenvalue weighted by Crippen LogP contribution is 2.33. The molecule has 17 heavy (non-hydrogen) atoms. The molecular formula is C13H21BrN2O. The minimum atomic E-state index is 0.148. The Bertz CT molecular complexity index is 353. The van der Waals surface area contributed by atoms with Gasteiger partial charge in [0, 0.05) is 10.5 Å². The molecule has 0 aliphatic rings. The van der Waals surface area contributed by atoms with E-state index in [4.69, 9.17) is 10.6 Å². The molecule has 0 aliphatic heterocycles. The lowest BCUT2D eigenvalue weighted by atomic mass is 9.89. The maximum absolute atomic E-state index is 5.71. The second kappa shape index (κ2) is 6.99. The van der Waals surface area contributed by atoms with Gasteiger partial charge in [-0.2, -0.15) is 0 Å². The fraction of sp³-hybridized carbons (Fsp3) is 0.538. The van der Waals surface area contributed by atoms with E-state index in [1.54, 1.807) is 7.11 Å². The van der Waals surface area contributed by atoms with E-state index in [9.17, 15) is 0 Å². The number of benzene rings is 1. The Morgan fingerprint density at radius 3 is 2.47 bits per heavy atom. The minimum Gasteiger partial charge on any atom is -0.497 e. The van der Waals surface area contributed by atoms with E-state index < -0.39 is 0 Å². The summed E-state index contributed by atoms with van der Waals surface area (Å²) in [5, 5.41) is 0. The Kier molecular flexibility index (Phi) is 5.95. The minimum absolute atomic E-state index is 0.148. The van der Waals surface area contributed by atoms with Crippen LogP contribution in [-0.2, 0) is 0 Å². The van der Waals surface area contributed by atoms with Gasteiger partial charge in [0.05, 0.1) is 7.11 Å². The molecule has 1 atom stereocenters. The van der Waals surface area contributed by atoms with Gasteiger partial charge in [-0.3, -0.25) is 11.3 Å². The zero-order chi connectivity index (χ0) is 12.8. The van der Waals surface area contributed by atoms with Gasteiger partial charge in [-0.25, -0.2) is 0 Å². The summed E-state index contributed by atoms with van der Waals surface area (Å²) in [4.78, 5) is 0. The van der Waals surface area contributed by atoms with Crippen LogP contribution in [0.3, 0.4) is 0 Å². The fourth-order valence-electron chi connectivity index (χ4n) is 2.13. The van der Waals surface area contributed by atoms with Gasteiger partial charge >= 0.3 is 0 Å². The van der Waals surface area contributed by atoms with Gasteiger partial charge in [-0.05, 0) is 29.7 Å². The Balaban J connectivity index is 3.09. The van der Waals surface area contributed by atoms with Gasteiger partial charge in [0.1, 0.15) is 5.75 Å². The lowest BCUT2D eigenvalue weighted by Gasteiger charge is -2.26. The molecule has 3 nitrogen and oxygen atoms in total. The molecule has 0 radical (unpaired) electrons. The van der Waals surface area contributed by atoms with E-state index in [2.05, 4.69) is 35.2 Å². The predicted octanol–water partition coefficient (Wildman–Crippen LogP) is 3.40. The zero-order valence-electron chi connectivity index (χ0n) is 10.7. The number of halogens is 1. The van der Waals surface area contributed by atoms with Crippen molar-refractivity contribution in [3.05, 3.63) is 28.2 Å². The van der Waals surface area contributed by atoms with Crippen LogP contribution in [-0.4, -0.2) is 7.11 Å². The third-order valence-corrected chi connectivity index (χ3v) is 3.96. The Labute approximate surface area is 112 Å². The second-order valence-electron chi connectivity index (χ2n) is 4.11. The molecule has 0 aromatic heterocycles. The maximum atomic E-state index is 5.71. The van der Waals surface area contributed by atoms with Crippen molar-refractivity contribution in [2.45, 2.75) is 32.7 Å². The first-order valence-electron chi connectivity index (χ1n) is 5.97. The quantitative estimate of drug-likeness (QED) is 0.625. The van der Waals surface area contributed by atoms with Crippen molar-refractivity contribution < 1.29 is 4.74 Å². The summed E-state index contributed by atoms with van der Waals surface area (Å²) in [5.74, 6) is 7.08. The van der Waals surface area contributed by atoms with Crippen molar-refractivity contribution in [2.75, 3.05) is 7.11 Å². The van der Waals surface area contributed by atoms with Gasteiger partial charge in [0.2, 0.25) is 0 Å². The number of rotatable bonds is 6. The summed E-state index contributed by atoms with van der Waals surface area (Å²) in [5.41, 5.74) is 4.08. The first kappa shape index (κ1) is 14.5. The number of ether oxygens (including phenoxy) is 1. The van der Waals surface area contributed by atoms with Crippen LogP contribution in [0.2, 0.25) is 0 Å². The molecule has 0 spiro atoms. The molecule has 0 fully saturated rings. The summed E-state index contributed by atoms with van der Waals surface area (Å²) in [6, 6.07) is 6.12. The smallest absolute Gasteiger partial charge is 0.119 e. The van der Waals surface area contributed by atoms with E-state index in [0.717, 1.165) is 28.6 Å². The van der Waals surface area contributed by atoms with Crippen LogP contribution < -0.4 is 16.0 Å². The molecule has 0 amide bonds. The molecule has 4 heteroatoms. The van der Waals surface area contributed by atoms with E-state index in [1.807, 2.05) is 18.2 Å². The summed E-state index contributed by atoms with van der Waals surface area (Å²) in [6.45, 7) is 4.37. The molecular weight excluding hydrogens is 280 g/mol. The van der Waals surface area contributed by atoms with Crippen molar-refractivity contribution in [3.8, 4) is 5.75 Å². The number of hydrogen-bond donors (Lipinski definition) is 2. The fourth-order valence-corrected chi connectivity index (χ4v) is 2.62. The predicted molar refractivity (Wildman–Crippen MR) is 74.8 cm³/mol. The maximum Gasteiger partial charge on any atom is 0.119 e. The largest absolute Gasteiger partial charge is 0.497 e. The molecule has 1 rings (SSSR count). The Morgan fingerprint density at radius 1 is 1.35 bits per heavy atom. The highest BCUT2D eigenvalue weighted by Gasteiger charge is 2.21. The number of nitrogens with two attached hydrogens (primary N) is 1. The number of hydrazine groups is 1. The molecule has 0 heterocycles. The number of hydrogen-bond acceptors (Lipinski definition) is 3. The van der Waals surface area contributed by atoms with E-state index in [-0.39, 0.29) is 6.04 Å². The van der Waals surface area contributed by atoms with Crippen LogP contribution in [0.1, 0.15) is 38.3 Å². The van der Waals surface area contributed by atoms with Crippen LogP contribution in [0.15, 0.2) is 22.7 Å². The number of methoxy groups -OCH3 is 1. The zero-order valence-corrected chi connectivity index (χ0v) is 12.3. The Morgan fingerprint density at radius 2 is 2.00 bits per heavy atom. The third kappa shape index (κ3) is 3.44. The summed E-state index contributed by atoms with van der Waals surface area (Å²) in [7, 11) is 1.68. The van der Waals surface area contributed by atoms with Crippen LogP contribution in [0.5, 0.6) is 5.75 Å². The summed E-state index contributed by atoms with van der Waals surface area (Å²) >= 11 is 3.58. The van der Waals surface area contributed by atoms with Gasteiger partial charge in [-0.15, -0.1) is 0 Å². The molecule has 3 N–H and O–H groups in total. The van der Waals surface area contributed by atoms with Crippen molar-refractivity contribution in [2.24, 2.45) is 11.8 Å². The van der Waals surface area contributed by atoms with Crippen molar-refractivity contribution in [3.63, 3.8) is 0 Å². The number of nitrogens with one attached hydrogen (secondary N) is 1. The van der Waals surface area contributed by atoms with E-state index >= 15 is 0 Å². The molecule has 0 bridgehead atoms. The lowest BCUT2D eigenvalue weighted by Crippen LogP contribution is -2.33. The van der Waals surface area contributed by atoms with E-state index in [1.165, 1.54) is 0 Å². The van der Waals surface area contributed by atoms with Crippen molar-refractivity contribution in [1.82, 2.24) is 5.43 Å². The molecule has 0 aliphatic carbocycles. The Hall–Kier alpha value is -0.580. The molecule has 1 unspecified atom stereocenters. The van der Waals surface area contributed by atoms with Crippen LogP contribution in [0.4, 0.5) is 0 Å². The first-order chi connectivity index (χ1) is 8.17. The van der Waals surface area contributed by atoms with Crippen LogP contribution in [0.25, 0.3) is 0 Å². The van der Waals surface area contributed by atoms with E-state index in [0.29, 0.717) is 5.92 Å². The summed E-state index contributed by atoms with van der Waals surface area (Å²) in [6.07, 6.45) is 2.18. The van der Waals surface area contributed by atoms with Gasteiger partial charge in [0.25, 0.3) is 0 Å². The molecule has 0 saturated heterocycles. The third-order valence-electron chi connectivity index (χ3n) is 3.24. The normalized spacial score (nSPS) is 12.8. The molecule has 1 aromatic carbocycles. The SMILES string of the molecule is CCC(CC)C(NN)c1cc(OC)ccc1Br. The topological polar surface area (TPSA) is 47.3 Å². The molecule has 96 valence electrons. The van der Waals surface area contributed by atoms with Gasteiger partial charge in [-0.1, -0.05) is 42.6 Å². The van der Waals surface area contributed by atoms with Crippen molar-refractivity contribution >= 4 is 15.9 Å². The monoisotopic (exact) mass is 300 g/mol. The average molecular weight is 301 g/mol. The highest BCUT2D eigenvalue weighted by atomic mass is 79.9. The van der Waals surface area contributed by atoms with Crippen LogP contribution in [0, 0.1) is 5.92 Å².